The Bertz CT molecular complexity index is 850. The third kappa shape index (κ3) is 5.57. The van der Waals surface area contributed by atoms with Crippen molar-refractivity contribution in [2.75, 3.05) is 13.2 Å². The normalized spacial score (nSPS) is 11.8. The number of benzene rings is 2. The van der Waals surface area contributed by atoms with Crippen molar-refractivity contribution >= 4 is 16.0 Å². The molecule has 0 unspecified atom stereocenters. The van der Waals surface area contributed by atoms with Gasteiger partial charge in [-0.05, 0) is 47.4 Å². The van der Waals surface area contributed by atoms with Crippen molar-refractivity contribution in [1.82, 2.24) is 0 Å². The number of carbonyl (C=O) groups excluding carboxylic acids is 1. The summed E-state index contributed by atoms with van der Waals surface area (Å²) in [6.07, 6.45) is 0. The number of carbonyl (C=O) groups is 1. The van der Waals surface area contributed by atoms with E-state index in [2.05, 4.69) is 20.8 Å². The van der Waals surface area contributed by atoms with E-state index in [9.17, 15) is 13.2 Å². The van der Waals surface area contributed by atoms with E-state index in [0.717, 1.165) is 5.56 Å². The fourth-order valence-electron chi connectivity index (χ4n) is 2.21. The Morgan fingerprint density at radius 2 is 1.54 bits per heavy atom. The zero-order chi connectivity index (χ0) is 19.4. The minimum absolute atomic E-state index is 0.00924. The molecule has 140 valence electrons. The molecule has 0 radical (unpaired) electrons. The smallest absolute Gasteiger partial charge is 0.338 e. The highest BCUT2D eigenvalue weighted by atomic mass is 32.2. The average molecular weight is 377 g/mol. The molecule has 2 N–H and O–H groups in total. The van der Waals surface area contributed by atoms with Gasteiger partial charge in [-0.1, -0.05) is 32.9 Å². The van der Waals surface area contributed by atoms with Gasteiger partial charge in [0.05, 0.1) is 10.5 Å². The predicted octanol–water partition coefficient (Wildman–Crippen LogP) is 2.87. The molecule has 2 rings (SSSR count). The van der Waals surface area contributed by atoms with Crippen LogP contribution in [0.15, 0.2) is 53.4 Å². The van der Waals surface area contributed by atoms with Crippen LogP contribution in [-0.2, 0) is 20.2 Å². The van der Waals surface area contributed by atoms with E-state index in [4.69, 9.17) is 14.6 Å². The van der Waals surface area contributed by atoms with Gasteiger partial charge in [-0.15, -0.1) is 0 Å². The molecule has 0 heterocycles. The second-order valence-corrected chi connectivity index (χ2v) is 8.39. The fourth-order valence-corrected chi connectivity index (χ4v) is 2.72. The Hall–Kier alpha value is -2.38. The summed E-state index contributed by atoms with van der Waals surface area (Å²) in [5, 5.41) is 5.02. The maximum atomic E-state index is 12.0. The number of hydrogen-bond acceptors (Lipinski definition) is 5. The van der Waals surface area contributed by atoms with Crippen molar-refractivity contribution in [1.29, 1.82) is 0 Å². The van der Waals surface area contributed by atoms with E-state index < -0.39 is 16.0 Å². The van der Waals surface area contributed by atoms with Gasteiger partial charge < -0.3 is 9.47 Å². The maximum Gasteiger partial charge on any atom is 0.338 e. The molecular formula is C19H23NO5S. The topological polar surface area (TPSA) is 95.7 Å². The zero-order valence-corrected chi connectivity index (χ0v) is 15.9. The van der Waals surface area contributed by atoms with Crippen LogP contribution in [0.2, 0.25) is 0 Å². The van der Waals surface area contributed by atoms with Crippen LogP contribution in [0.4, 0.5) is 0 Å². The lowest BCUT2D eigenvalue weighted by atomic mass is 9.87. The highest BCUT2D eigenvalue weighted by Gasteiger charge is 2.14. The summed E-state index contributed by atoms with van der Waals surface area (Å²) >= 11 is 0. The number of nitrogens with two attached hydrogens (primary N) is 1. The van der Waals surface area contributed by atoms with Gasteiger partial charge in [0.2, 0.25) is 10.0 Å². The van der Waals surface area contributed by atoms with Crippen LogP contribution in [0, 0.1) is 0 Å². The summed E-state index contributed by atoms with van der Waals surface area (Å²) < 4.78 is 32.9. The number of hydrogen-bond donors (Lipinski definition) is 1. The van der Waals surface area contributed by atoms with Gasteiger partial charge >= 0.3 is 5.97 Å². The molecule has 0 saturated carbocycles. The summed E-state index contributed by atoms with van der Waals surface area (Å²) in [6.45, 7) is 6.55. The Labute approximate surface area is 154 Å². The van der Waals surface area contributed by atoms with Crippen LogP contribution in [-0.4, -0.2) is 27.6 Å². The minimum Gasteiger partial charge on any atom is -0.490 e. The van der Waals surface area contributed by atoms with Gasteiger partial charge in [-0.3, -0.25) is 0 Å². The standard InChI is InChI=1S/C19H23NO5S/c1-19(2,3)15-6-4-14(5-7-15)18(21)25-13-12-24-16-8-10-17(11-9-16)26(20,22)23/h4-11H,12-13H2,1-3H3,(H2,20,22,23). The Morgan fingerprint density at radius 1 is 0.962 bits per heavy atom. The van der Waals surface area contributed by atoms with Crippen LogP contribution in [0.5, 0.6) is 5.75 Å². The van der Waals surface area contributed by atoms with Crippen molar-refractivity contribution in [3.8, 4) is 5.75 Å². The minimum atomic E-state index is -3.72. The van der Waals surface area contributed by atoms with Gasteiger partial charge in [0.1, 0.15) is 19.0 Å². The first-order valence-electron chi connectivity index (χ1n) is 8.11. The first-order chi connectivity index (χ1) is 12.1. The second-order valence-electron chi connectivity index (χ2n) is 6.83. The summed E-state index contributed by atoms with van der Waals surface area (Å²) in [5.74, 6) is 0.0432. The lowest BCUT2D eigenvalue weighted by Crippen LogP contribution is -2.14. The highest BCUT2D eigenvalue weighted by Crippen LogP contribution is 2.22. The van der Waals surface area contributed by atoms with Crippen LogP contribution in [0.25, 0.3) is 0 Å². The number of esters is 1. The maximum absolute atomic E-state index is 12.0. The molecule has 6 nitrogen and oxygen atoms in total. The lowest BCUT2D eigenvalue weighted by molar-refractivity contribution is 0.0450. The summed E-state index contributed by atoms with van der Waals surface area (Å²) in [6, 6.07) is 13.0. The predicted molar refractivity (Wildman–Crippen MR) is 98.7 cm³/mol. The molecule has 0 saturated heterocycles. The molecule has 0 amide bonds. The summed E-state index contributed by atoms with van der Waals surface area (Å²) in [7, 11) is -3.72. The van der Waals surface area contributed by atoms with Crippen LogP contribution >= 0.6 is 0 Å². The molecule has 0 aromatic heterocycles. The quantitative estimate of drug-likeness (QED) is 0.617. The first-order valence-corrected chi connectivity index (χ1v) is 9.65. The SMILES string of the molecule is CC(C)(C)c1ccc(C(=O)OCCOc2ccc(S(N)(=O)=O)cc2)cc1. The van der Waals surface area contributed by atoms with Crippen LogP contribution < -0.4 is 9.88 Å². The van der Waals surface area contributed by atoms with Gasteiger partial charge in [0.15, 0.2) is 0 Å². The van der Waals surface area contributed by atoms with Crippen molar-refractivity contribution in [3.05, 3.63) is 59.7 Å². The molecule has 0 atom stereocenters. The Morgan fingerprint density at radius 3 is 2.04 bits per heavy atom. The van der Waals surface area contributed by atoms with Gasteiger partial charge in [-0.25, -0.2) is 18.4 Å². The molecule has 2 aromatic rings. The van der Waals surface area contributed by atoms with Crippen molar-refractivity contribution in [3.63, 3.8) is 0 Å². The molecule has 7 heteroatoms. The molecule has 0 aliphatic rings. The van der Waals surface area contributed by atoms with Gasteiger partial charge in [0, 0.05) is 0 Å². The Kier molecular flexibility index (Phi) is 6.05. The number of primary sulfonamides is 1. The first kappa shape index (κ1) is 19.9. The molecule has 0 spiro atoms. The van der Waals surface area contributed by atoms with Crippen molar-refractivity contribution in [2.24, 2.45) is 5.14 Å². The molecule has 0 aliphatic heterocycles. The monoisotopic (exact) mass is 377 g/mol. The lowest BCUT2D eigenvalue weighted by Gasteiger charge is -2.18. The van der Waals surface area contributed by atoms with E-state index in [-0.39, 0.29) is 23.5 Å². The zero-order valence-electron chi connectivity index (χ0n) is 15.1. The van der Waals surface area contributed by atoms with E-state index in [0.29, 0.717) is 11.3 Å². The van der Waals surface area contributed by atoms with E-state index in [1.54, 1.807) is 12.1 Å². The summed E-state index contributed by atoms with van der Waals surface area (Å²) in [4.78, 5) is 12.0. The van der Waals surface area contributed by atoms with Crippen molar-refractivity contribution in [2.45, 2.75) is 31.1 Å². The third-order valence-corrected chi connectivity index (χ3v) is 4.65. The van der Waals surface area contributed by atoms with E-state index in [1.165, 1.54) is 24.3 Å². The molecule has 0 fully saturated rings. The molecular weight excluding hydrogens is 354 g/mol. The van der Waals surface area contributed by atoms with Gasteiger partial charge in [-0.2, -0.15) is 0 Å². The van der Waals surface area contributed by atoms with E-state index in [1.807, 2.05) is 12.1 Å². The third-order valence-electron chi connectivity index (χ3n) is 3.72. The van der Waals surface area contributed by atoms with E-state index >= 15 is 0 Å². The molecule has 0 aliphatic carbocycles. The molecule has 26 heavy (non-hydrogen) atoms. The number of ether oxygens (including phenoxy) is 2. The number of rotatable bonds is 6. The van der Waals surface area contributed by atoms with Crippen molar-refractivity contribution < 1.29 is 22.7 Å². The Balaban J connectivity index is 1.81. The van der Waals surface area contributed by atoms with Gasteiger partial charge in [0.25, 0.3) is 0 Å². The highest BCUT2D eigenvalue weighted by molar-refractivity contribution is 7.89. The van der Waals surface area contributed by atoms with Crippen LogP contribution in [0.1, 0.15) is 36.7 Å². The molecule has 2 aromatic carbocycles. The summed E-state index contributed by atoms with van der Waals surface area (Å²) in [5.41, 5.74) is 1.64. The second kappa shape index (κ2) is 7.88. The largest absolute Gasteiger partial charge is 0.490 e. The fraction of sp³-hybridized carbons (Fsp3) is 0.316. The molecule has 0 bridgehead atoms. The average Bonchev–Trinajstić information content (AvgIpc) is 2.57. The van der Waals surface area contributed by atoms with Crippen LogP contribution in [0.3, 0.4) is 0 Å². The number of sulfonamides is 1.